The highest BCUT2D eigenvalue weighted by atomic mass is 19.1. The number of benzene rings is 4. The van der Waals surface area contributed by atoms with Crippen LogP contribution in [-0.4, -0.2) is 0 Å². The van der Waals surface area contributed by atoms with Crippen LogP contribution < -0.4 is 4.57 Å². The second-order valence-corrected chi connectivity index (χ2v) is 8.99. The first-order valence-electron chi connectivity index (χ1n) is 14.3. The van der Waals surface area contributed by atoms with Crippen LogP contribution in [0.3, 0.4) is 0 Å². The average molecular weight is 489 g/mol. The molecular formula is C33H24FN2O+. The lowest BCUT2D eigenvalue weighted by Crippen LogP contribution is -2.31. The quantitative estimate of drug-likeness (QED) is 0.237. The number of halogens is 1. The van der Waals surface area contributed by atoms with E-state index in [9.17, 15) is 9.65 Å². The van der Waals surface area contributed by atoms with E-state index in [0.29, 0.717) is 44.2 Å². The molecule has 0 aliphatic rings. The fraction of sp³-hybridized carbons (Fsp3) is 0.0909. The second-order valence-electron chi connectivity index (χ2n) is 8.99. The Hall–Kier alpha value is -4.75. The number of furan rings is 1. The summed E-state index contributed by atoms with van der Waals surface area (Å²) in [4.78, 5) is 0. The summed E-state index contributed by atoms with van der Waals surface area (Å²) >= 11 is 0. The molecule has 0 spiro atoms. The zero-order chi connectivity index (χ0) is 29.9. The van der Waals surface area contributed by atoms with Crippen molar-refractivity contribution in [2.75, 3.05) is 0 Å². The summed E-state index contributed by atoms with van der Waals surface area (Å²) in [6.07, 6.45) is -0.654. The summed E-state index contributed by atoms with van der Waals surface area (Å²) in [5.74, 6) is -1.25. The Bertz CT molecular complexity index is 2080. The number of nitrogens with zero attached hydrogens (tertiary/aromatic N) is 2. The standard InChI is InChI=1S/C33H24FN2O/c1-20-9-14-27-26-16-15-25(24-12-10-23(11-13-24)22-7-5-4-6-8-22)28(18-35)32(26)37-33(27)31(20)30-17-21(2)29(34)19-36(30)3/h4-17,19H,1-3H3/q+1/i2D3,17D,19D. The highest BCUT2D eigenvalue weighted by molar-refractivity contribution is 6.12. The van der Waals surface area contributed by atoms with Crippen molar-refractivity contribution >= 4 is 21.9 Å². The molecule has 2 heterocycles. The van der Waals surface area contributed by atoms with Crippen LogP contribution in [0.4, 0.5) is 4.39 Å². The van der Waals surface area contributed by atoms with Crippen LogP contribution in [0.5, 0.6) is 0 Å². The number of rotatable bonds is 3. The molecule has 0 saturated heterocycles. The van der Waals surface area contributed by atoms with Crippen molar-refractivity contribution in [3.8, 4) is 39.6 Å². The third-order valence-corrected chi connectivity index (χ3v) is 6.73. The van der Waals surface area contributed by atoms with Crippen molar-refractivity contribution in [2.24, 2.45) is 7.05 Å². The van der Waals surface area contributed by atoms with Crippen LogP contribution >= 0.6 is 0 Å². The predicted molar refractivity (Wildman–Crippen MR) is 145 cm³/mol. The zero-order valence-corrected chi connectivity index (χ0v) is 20.2. The maximum atomic E-state index is 15.0. The lowest BCUT2D eigenvalue weighted by Gasteiger charge is -2.07. The molecule has 0 saturated carbocycles. The third-order valence-electron chi connectivity index (χ3n) is 6.73. The van der Waals surface area contributed by atoms with Gasteiger partial charge in [0.15, 0.2) is 11.4 Å². The molecule has 6 rings (SSSR count). The minimum Gasteiger partial charge on any atom is -0.454 e. The monoisotopic (exact) mass is 488 g/mol. The molecule has 0 aliphatic carbocycles. The highest BCUT2D eigenvalue weighted by Gasteiger charge is 2.24. The molecule has 0 amide bonds. The zero-order valence-electron chi connectivity index (χ0n) is 25.2. The largest absolute Gasteiger partial charge is 0.454 e. The van der Waals surface area contributed by atoms with Gasteiger partial charge in [0.2, 0.25) is 11.9 Å². The van der Waals surface area contributed by atoms with Gasteiger partial charge in [-0.05, 0) is 47.7 Å². The van der Waals surface area contributed by atoms with Gasteiger partial charge in [0.05, 0.1) is 6.93 Å². The van der Waals surface area contributed by atoms with E-state index in [1.54, 1.807) is 13.0 Å². The van der Waals surface area contributed by atoms with Gasteiger partial charge in [0.1, 0.15) is 25.6 Å². The Morgan fingerprint density at radius 2 is 1.54 bits per heavy atom. The normalized spacial score (nSPS) is 13.5. The van der Waals surface area contributed by atoms with Crippen molar-refractivity contribution in [1.29, 1.82) is 5.26 Å². The first-order chi connectivity index (χ1) is 20.0. The maximum absolute atomic E-state index is 15.0. The molecule has 37 heavy (non-hydrogen) atoms. The number of aryl methyl sites for hydroxylation is 1. The van der Waals surface area contributed by atoms with Crippen LogP contribution in [-0.2, 0) is 7.05 Å². The van der Waals surface area contributed by atoms with E-state index in [0.717, 1.165) is 21.3 Å². The number of hydrogen-bond acceptors (Lipinski definition) is 2. The van der Waals surface area contributed by atoms with E-state index in [1.807, 2.05) is 72.8 Å². The van der Waals surface area contributed by atoms with E-state index >= 15 is 0 Å². The summed E-state index contributed by atoms with van der Waals surface area (Å²) in [5.41, 5.74) is 4.91. The number of hydrogen-bond donors (Lipinski definition) is 0. The van der Waals surface area contributed by atoms with Crippen LogP contribution in [0.1, 0.15) is 23.5 Å². The molecule has 0 N–H and O–H groups in total. The first-order valence-corrected chi connectivity index (χ1v) is 11.8. The van der Waals surface area contributed by atoms with Crippen LogP contribution in [0.25, 0.3) is 55.4 Å². The summed E-state index contributed by atoms with van der Waals surface area (Å²) in [5, 5.41) is 11.6. The fourth-order valence-corrected chi connectivity index (χ4v) is 4.87. The molecule has 0 bridgehead atoms. The Labute approximate surface area is 221 Å². The minimum absolute atomic E-state index is 0.0462. The van der Waals surface area contributed by atoms with E-state index in [2.05, 4.69) is 6.07 Å². The summed E-state index contributed by atoms with van der Waals surface area (Å²) in [6.45, 7) is -1.16. The second kappa shape index (κ2) is 8.72. The molecule has 0 atom stereocenters. The summed E-state index contributed by atoms with van der Waals surface area (Å²) in [7, 11) is 1.42. The fourth-order valence-electron chi connectivity index (χ4n) is 4.87. The highest BCUT2D eigenvalue weighted by Crippen LogP contribution is 2.40. The van der Waals surface area contributed by atoms with Crippen LogP contribution in [0.15, 0.2) is 95.5 Å². The summed E-state index contributed by atoms with van der Waals surface area (Å²) in [6, 6.07) is 27.0. The lowest BCUT2D eigenvalue weighted by molar-refractivity contribution is -0.662. The molecule has 178 valence electrons. The van der Waals surface area contributed by atoms with Gasteiger partial charge in [0, 0.05) is 26.5 Å². The van der Waals surface area contributed by atoms with Crippen LogP contribution in [0, 0.1) is 30.9 Å². The molecule has 4 aromatic carbocycles. The topological polar surface area (TPSA) is 40.8 Å². The Balaban J connectivity index is 1.60. The molecule has 0 fully saturated rings. The van der Waals surface area contributed by atoms with Crippen molar-refractivity contribution in [3.63, 3.8) is 0 Å². The average Bonchev–Trinajstić information content (AvgIpc) is 3.35. The van der Waals surface area contributed by atoms with Crippen molar-refractivity contribution < 1.29 is 20.2 Å². The molecule has 4 heteroatoms. The maximum Gasteiger partial charge on any atom is 0.216 e. The first kappa shape index (κ1) is 17.6. The van der Waals surface area contributed by atoms with Gasteiger partial charge in [0.25, 0.3) is 0 Å². The van der Waals surface area contributed by atoms with Gasteiger partial charge in [-0.15, -0.1) is 0 Å². The molecular weight excluding hydrogens is 459 g/mol. The number of pyridine rings is 1. The Morgan fingerprint density at radius 3 is 2.27 bits per heavy atom. The van der Waals surface area contributed by atoms with Gasteiger partial charge < -0.3 is 4.42 Å². The molecule has 6 aromatic rings. The van der Waals surface area contributed by atoms with E-state index in [1.165, 1.54) is 7.05 Å². The SMILES string of the molecule is [2H]c1c(C([2H])([2H])[2H])c(F)c([2H])[n+](C)c1-c1c(C)ccc2c1oc1c(C#N)c(-c3ccc(-c4ccccc4)cc3)ccc12. The van der Waals surface area contributed by atoms with E-state index < -0.39 is 30.4 Å². The smallest absolute Gasteiger partial charge is 0.216 e. The molecule has 3 nitrogen and oxygen atoms in total. The van der Waals surface area contributed by atoms with Gasteiger partial charge in [-0.3, -0.25) is 0 Å². The Morgan fingerprint density at radius 1 is 0.865 bits per heavy atom. The van der Waals surface area contributed by atoms with Crippen molar-refractivity contribution in [3.05, 3.63) is 114 Å². The number of aromatic nitrogens is 1. The molecule has 0 unspecified atom stereocenters. The van der Waals surface area contributed by atoms with Gasteiger partial charge in [-0.2, -0.15) is 9.83 Å². The van der Waals surface area contributed by atoms with E-state index in [-0.39, 0.29) is 5.69 Å². The Kier molecular flexibility index (Phi) is 4.16. The lowest BCUT2D eigenvalue weighted by atomic mass is 9.95. The van der Waals surface area contributed by atoms with Crippen molar-refractivity contribution in [2.45, 2.75) is 13.8 Å². The minimum atomic E-state index is -2.94. The predicted octanol–water partition coefficient (Wildman–Crippen LogP) is 8.04. The number of nitriles is 1. The third kappa shape index (κ3) is 3.68. The van der Waals surface area contributed by atoms with Crippen LogP contribution in [0.2, 0.25) is 0 Å². The van der Waals surface area contributed by atoms with Gasteiger partial charge in [-0.1, -0.05) is 72.8 Å². The van der Waals surface area contributed by atoms with Gasteiger partial charge >= 0.3 is 0 Å². The molecule has 0 aliphatic heterocycles. The molecule has 0 radical (unpaired) electrons. The number of fused-ring (bicyclic) bond motifs is 3. The summed E-state index contributed by atoms with van der Waals surface area (Å²) < 4.78 is 63.0. The van der Waals surface area contributed by atoms with E-state index in [4.69, 9.17) is 11.3 Å². The molecule has 2 aromatic heterocycles. The van der Waals surface area contributed by atoms with Gasteiger partial charge in [-0.25, -0.2) is 4.39 Å². The van der Waals surface area contributed by atoms with Crippen molar-refractivity contribution in [1.82, 2.24) is 0 Å².